The minimum atomic E-state index is -1.70. The van der Waals surface area contributed by atoms with Crippen LogP contribution in [0.4, 0.5) is 0 Å². The number of aliphatic hydroxyl groups is 3. The van der Waals surface area contributed by atoms with E-state index in [1.54, 1.807) is 6.92 Å². The smallest absolute Gasteiger partial charge is 0.190 e. The number of hydrogen-bond donors (Lipinski definition) is 3. The Hall–Kier alpha value is -1.37. The Kier molecular flexibility index (Phi) is 4.09. The number of carbonyl (C=O) groups is 3. The molecule has 0 radical (unpaired) electrons. The van der Waals surface area contributed by atoms with Gasteiger partial charge in [-0.15, -0.1) is 0 Å². The minimum absolute atomic E-state index is 0.000497. The Morgan fingerprint density at radius 3 is 2.63 bits per heavy atom. The van der Waals surface area contributed by atoms with Gasteiger partial charge in [0, 0.05) is 29.6 Å². The van der Waals surface area contributed by atoms with E-state index in [2.05, 4.69) is 0 Å². The van der Waals surface area contributed by atoms with E-state index in [-0.39, 0.29) is 42.2 Å². The zero-order valence-corrected chi connectivity index (χ0v) is 15.9. The maximum absolute atomic E-state index is 13.3. The van der Waals surface area contributed by atoms with Crippen molar-refractivity contribution in [2.75, 3.05) is 6.61 Å². The van der Waals surface area contributed by atoms with Crippen LogP contribution in [-0.2, 0) is 14.4 Å². The molecule has 4 rings (SSSR count). The lowest BCUT2D eigenvalue weighted by molar-refractivity contribution is -0.172. The van der Waals surface area contributed by atoms with Crippen LogP contribution < -0.4 is 0 Å². The number of ketones is 3. The Labute approximate surface area is 158 Å². The van der Waals surface area contributed by atoms with E-state index >= 15 is 0 Å². The fourth-order valence-electron chi connectivity index (χ4n) is 7.03. The summed E-state index contributed by atoms with van der Waals surface area (Å²) in [7, 11) is 0. The van der Waals surface area contributed by atoms with Crippen molar-refractivity contribution in [1.82, 2.24) is 0 Å². The van der Waals surface area contributed by atoms with Crippen molar-refractivity contribution < 1.29 is 29.7 Å². The van der Waals surface area contributed by atoms with Crippen LogP contribution in [0.25, 0.3) is 0 Å². The summed E-state index contributed by atoms with van der Waals surface area (Å²) in [6, 6.07) is 0. The summed E-state index contributed by atoms with van der Waals surface area (Å²) in [5, 5.41) is 31.3. The molecule has 0 aromatic rings. The highest BCUT2D eigenvalue weighted by atomic mass is 16.3. The van der Waals surface area contributed by atoms with Gasteiger partial charge in [-0.05, 0) is 49.2 Å². The highest BCUT2D eigenvalue weighted by Gasteiger charge is 2.69. The minimum Gasteiger partial charge on any atom is -0.389 e. The van der Waals surface area contributed by atoms with E-state index in [1.165, 1.54) is 6.08 Å². The normalized spacial score (nSPS) is 49.1. The second-order valence-corrected chi connectivity index (χ2v) is 9.52. The van der Waals surface area contributed by atoms with Crippen molar-refractivity contribution >= 4 is 17.3 Å². The molecule has 3 fully saturated rings. The fraction of sp³-hybridized carbons (Fsp3) is 0.762. The van der Waals surface area contributed by atoms with Gasteiger partial charge in [-0.25, -0.2) is 0 Å². The SMILES string of the molecule is C[C@]12CCC(=O)C=C1[C@H](O)C[C@H]1[C@H]2C(=O)C[C@@]2(C)[C@H]1CC[C@]2(O)C(=O)CO. The van der Waals surface area contributed by atoms with E-state index < -0.39 is 34.9 Å². The van der Waals surface area contributed by atoms with Gasteiger partial charge in [0.25, 0.3) is 0 Å². The molecule has 27 heavy (non-hydrogen) atoms. The fourth-order valence-corrected chi connectivity index (χ4v) is 7.03. The van der Waals surface area contributed by atoms with Crippen molar-refractivity contribution in [3.8, 4) is 0 Å². The van der Waals surface area contributed by atoms with Crippen LogP contribution in [-0.4, -0.2) is 51.0 Å². The number of Topliss-reactive ketones (excluding diaryl/α,β-unsaturated/α-hetero) is 2. The van der Waals surface area contributed by atoms with Gasteiger partial charge in [-0.2, -0.15) is 0 Å². The predicted molar refractivity (Wildman–Crippen MR) is 95.5 cm³/mol. The Morgan fingerprint density at radius 2 is 1.96 bits per heavy atom. The van der Waals surface area contributed by atoms with Crippen LogP contribution in [0.2, 0.25) is 0 Å². The summed E-state index contributed by atoms with van der Waals surface area (Å²) < 4.78 is 0. The largest absolute Gasteiger partial charge is 0.389 e. The summed E-state index contributed by atoms with van der Waals surface area (Å²) in [6.07, 6.45) is 2.96. The second kappa shape index (κ2) is 5.82. The molecule has 3 N–H and O–H groups in total. The van der Waals surface area contributed by atoms with E-state index in [0.717, 1.165) is 0 Å². The summed E-state index contributed by atoms with van der Waals surface area (Å²) in [5.41, 5.74) is -2.49. The van der Waals surface area contributed by atoms with Crippen LogP contribution in [0.5, 0.6) is 0 Å². The summed E-state index contributed by atoms with van der Waals surface area (Å²) in [6.45, 7) is 3.03. The van der Waals surface area contributed by atoms with Crippen LogP contribution in [0, 0.1) is 28.6 Å². The number of carbonyl (C=O) groups excluding carboxylic acids is 3. The third-order valence-corrected chi connectivity index (χ3v) is 8.43. The second-order valence-electron chi connectivity index (χ2n) is 9.52. The van der Waals surface area contributed by atoms with Gasteiger partial charge in [-0.3, -0.25) is 14.4 Å². The van der Waals surface area contributed by atoms with Gasteiger partial charge in [0.2, 0.25) is 0 Å². The third kappa shape index (κ3) is 2.26. The van der Waals surface area contributed by atoms with Gasteiger partial charge in [0.1, 0.15) is 18.0 Å². The quantitative estimate of drug-likeness (QED) is 0.662. The first-order valence-corrected chi connectivity index (χ1v) is 9.91. The molecule has 0 aliphatic heterocycles. The molecule has 0 saturated heterocycles. The Balaban J connectivity index is 1.78. The van der Waals surface area contributed by atoms with Crippen LogP contribution >= 0.6 is 0 Å². The molecule has 0 aromatic heterocycles. The first kappa shape index (κ1) is 19.0. The van der Waals surface area contributed by atoms with Crippen molar-refractivity contribution in [2.24, 2.45) is 28.6 Å². The zero-order valence-electron chi connectivity index (χ0n) is 15.9. The highest BCUT2D eigenvalue weighted by molar-refractivity contribution is 5.94. The van der Waals surface area contributed by atoms with Crippen LogP contribution in [0.15, 0.2) is 11.6 Å². The van der Waals surface area contributed by atoms with E-state index in [4.69, 9.17) is 0 Å². The number of rotatable bonds is 2. The van der Waals surface area contributed by atoms with E-state index in [1.807, 2.05) is 6.92 Å². The van der Waals surface area contributed by atoms with Crippen molar-refractivity contribution in [3.63, 3.8) is 0 Å². The third-order valence-electron chi connectivity index (χ3n) is 8.43. The van der Waals surface area contributed by atoms with Gasteiger partial charge in [0.05, 0.1) is 6.10 Å². The highest BCUT2D eigenvalue weighted by Crippen LogP contribution is 2.66. The van der Waals surface area contributed by atoms with Gasteiger partial charge < -0.3 is 15.3 Å². The molecule has 0 amide bonds. The molecule has 0 bridgehead atoms. The molecular formula is C21H28O6. The topological polar surface area (TPSA) is 112 Å². The summed E-state index contributed by atoms with van der Waals surface area (Å²) >= 11 is 0. The van der Waals surface area contributed by atoms with E-state index in [0.29, 0.717) is 31.3 Å². The molecule has 6 nitrogen and oxygen atoms in total. The molecule has 7 atom stereocenters. The maximum atomic E-state index is 13.3. The molecule has 0 unspecified atom stereocenters. The van der Waals surface area contributed by atoms with Gasteiger partial charge >= 0.3 is 0 Å². The summed E-state index contributed by atoms with van der Waals surface area (Å²) in [4.78, 5) is 37.6. The molecule has 0 heterocycles. The van der Waals surface area contributed by atoms with Crippen molar-refractivity contribution in [2.45, 2.75) is 64.1 Å². The number of fused-ring (bicyclic) bond motifs is 5. The predicted octanol–water partition coefficient (Wildman–Crippen LogP) is 0.961. The molecule has 4 aliphatic carbocycles. The lowest BCUT2D eigenvalue weighted by Gasteiger charge is -2.58. The molecule has 0 spiro atoms. The standard InChI is InChI=1S/C21H28O6/c1-19-5-3-11(23)7-14(19)15(24)8-12-13-4-6-21(27,17(26)10-22)20(13,2)9-16(25)18(12)19/h7,12-13,15,18,22,24,27H,3-6,8-10H2,1-2H3/t12-,13+,15-,18+,19+,20+,21+/m1/s1. The molecule has 148 valence electrons. The Morgan fingerprint density at radius 1 is 1.26 bits per heavy atom. The van der Waals surface area contributed by atoms with E-state index in [9.17, 15) is 29.7 Å². The van der Waals surface area contributed by atoms with Crippen LogP contribution in [0.3, 0.4) is 0 Å². The molecule has 3 saturated carbocycles. The van der Waals surface area contributed by atoms with Crippen LogP contribution in [0.1, 0.15) is 52.4 Å². The van der Waals surface area contributed by atoms with Crippen molar-refractivity contribution in [1.29, 1.82) is 0 Å². The lowest BCUT2D eigenvalue weighted by Crippen LogP contribution is -2.62. The first-order chi connectivity index (χ1) is 12.6. The summed E-state index contributed by atoms with van der Waals surface area (Å²) in [5.74, 6) is -1.14. The molecule has 0 aromatic carbocycles. The number of hydrogen-bond acceptors (Lipinski definition) is 6. The number of aliphatic hydroxyl groups excluding tert-OH is 2. The average molecular weight is 376 g/mol. The molecule has 6 heteroatoms. The Bertz CT molecular complexity index is 756. The maximum Gasteiger partial charge on any atom is 0.190 e. The zero-order chi connectivity index (χ0) is 19.8. The average Bonchev–Trinajstić information content (AvgIpc) is 2.87. The lowest BCUT2D eigenvalue weighted by atomic mass is 9.45. The molecule has 4 aliphatic rings. The van der Waals surface area contributed by atoms with Crippen molar-refractivity contribution in [3.05, 3.63) is 11.6 Å². The van der Waals surface area contributed by atoms with Gasteiger partial charge in [-0.1, -0.05) is 13.8 Å². The molecular weight excluding hydrogens is 348 g/mol. The van der Waals surface area contributed by atoms with Gasteiger partial charge in [0.15, 0.2) is 11.6 Å². The first-order valence-electron chi connectivity index (χ1n) is 9.91. The monoisotopic (exact) mass is 376 g/mol.